The van der Waals surface area contributed by atoms with E-state index in [1.165, 1.54) is 6.33 Å². The largest absolute Gasteiger partial charge is 0.481 e. The maximum Gasteiger partial charge on any atom is 0.224 e. The monoisotopic (exact) mass is 282 g/mol. The summed E-state index contributed by atoms with van der Waals surface area (Å²) in [6.07, 6.45) is 1.63. The molecule has 0 radical (unpaired) electrons. The highest BCUT2D eigenvalue weighted by Crippen LogP contribution is 2.22. The third-order valence-electron chi connectivity index (χ3n) is 3.27. The van der Waals surface area contributed by atoms with Gasteiger partial charge in [-0.05, 0) is 7.05 Å². The lowest BCUT2D eigenvalue weighted by Gasteiger charge is -2.30. The van der Waals surface area contributed by atoms with Gasteiger partial charge < -0.3 is 24.4 Å². The predicted octanol–water partition coefficient (Wildman–Crippen LogP) is -0.0860. The Hall–Kier alpha value is -1.44. The van der Waals surface area contributed by atoms with Crippen LogP contribution < -0.4 is 14.8 Å². The summed E-state index contributed by atoms with van der Waals surface area (Å²) >= 11 is 0. The van der Waals surface area contributed by atoms with Gasteiger partial charge in [-0.1, -0.05) is 0 Å². The Morgan fingerprint density at radius 1 is 1.35 bits per heavy atom. The number of morpholine rings is 1. The molecule has 1 atom stereocenters. The van der Waals surface area contributed by atoms with Crippen LogP contribution in [0.4, 0.5) is 0 Å². The number of hydrogen-bond donors (Lipinski definition) is 1. The molecule has 0 aliphatic carbocycles. The summed E-state index contributed by atoms with van der Waals surface area (Å²) in [4.78, 5) is 10.4. The van der Waals surface area contributed by atoms with E-state index in [2.05, 4.69) is 27.2 Å². The van der Waals surface area contributed by atoms with Crippen LogP contribution in [-0.2, 0) is 11.3 Å². The fourth-order valence-corrected chi connectivity index (χ4v) is 2.23. The molecule has 7 nitrogen and oxygen atoms in total. The second-order valence-corrected chi connectivity index (χ2v) is 4.76. The lowest BCUT2D eigenvalue weighted by atomic mass is 10.2. The van der Waals surface area contributed by atoms with E-state index >= 15 is 0 Å². The molecule has 0 bridgehead atoms. The van der Waals surface area contributed by atoms with Crippen LogP contribution in [0, 0.1) is 0 Å². The number of nitrogens with one attached hydrogen (secondary N) is 1. The molecule has 0 aromatic carbocycles. The Balaban J connectivity index is 1.90. The van der Waals surface area contributed by atoms with Gasteiger partial charge in [0.05, 0.1) is 32.5 Å². The molecule has 1 aliphatic rings. The van der Waals surface area contributed by atoms with Crippen molar-refractivity contribution in [3.05, 3.63) is 11.9 Å². The SMILES string of the molecule is COc1ncnc(OC)c1CNCC1CN(C)CCO1. The number of methoxy groups -OCH3 is 2. The fraction of sp³-hybridized carbons (Fsp3) is 0.692. The molecule has 1 fully saturated rings. The molecule has 1 aliphatic heterocycles. The van der Waals surface area contributed by atoms with Gasteiger partial charge in [0.2, 0.25) is 11.8 Å². The van der Waals surface area contributed by atoms with Gasteiger partial charge in [0.15, 0.2) is 0 Å². The van der Waals surface area contributed by atoms with Gasteiger partial charge in [-0.3, -0.25) is 0 Å². The van der Waals surface area contributed by atoms with Crippen molar-refractivity contribution in [3.8, 4) is 11.8 Å². The summed E-state index contributed by atoms with van der Waals surface area (Å²) < 4.78 is 16.2. The van der Waals surface area contributed by atoms with Crippen LogP contribution in [0.3, 0.4) is 0 Å². The third kappa shape index (κ3) is 3.78. The summed E-state index contributed by atoms with van der Waals surface area (Å²) in [6.45, 7) is 4.06. The van der Waals surface area contributed by atoms with Crippen LogP contribution in [0.15, 0.2) is 6.33 Å². The molecule has 0 amide bonds. The summed E-state index contributed by atoms with van der Waals surface area (Å²) in [6, 6.07) is 0. The molecule has 112 valence electrons. The van der Waals surface area contributed by atoms with Gasteiger partial charge in [-0.15, -0.1) is 0 Å². The average molecular weight is 282 g/mol. The minimum absolute atomic E-state index is 0.204. The zero-order chi connectivity index (χ0) is 14.4. The average Bonchev–Trinajstić information content (AvgIpc) is 2.47. The number of ether oxygens (including phenoxy) is 3. The number of rotatable bonds is 6. The standard InChI is InChI=1S/C13H22N4O3/c1-17-4-5-20-10(8-17)6-14-7-11-12(18-2)15-9-16-13(11)19-3/h9-10,14H,4-8H2,1-3H3. The smallest absolute Gasteiger partial charge is 0.224 e. The molecular weight excluding hydrogens is 260 g/mol. The van der Waals surface area contributed by atoms with E-state index in [0.29, 0.717) is 18.3 Å². The first-order valence-corrected chi connectivity index (χ1v) is 6.67. The van der Waals surface area contributed by atoms with Gasteiger partial charge in [-0.25, -0.2) is 9.97 Å². The number of likely N-dealkylation sites (N-methyl/N-ethyl adjacent to an activating group) is 1. The van der Waals surface area contributed by atoms with Crippen molar-refractivity contribution in [1.82, 2.24) is 20.2 Å². The predicted molar refractivity (Wildman–Crippen MR) is 74.1 cm³/mol. The molecular formula is C13H22N4O3. The van der Waals surface area contributed by atoms with E-state index < -0.39 is 0 Å². The van der Waals surface area contributed by atoms with E-state index in [9.17, 15) is 0 Å². The molecule has 1 aromatic heterocycles. The van der Waals surface area contributed by atoms with Gasteiger partial charge >= 0.3 is 0 Å². The molecule has 2 heterocycles. The van der Waals surface area contributed by atoms with Crippen molar-refractivity contribution in [2.45, 2.75) is 12.6 Å². The summed E-state index contributed by atoms with van der Waals surface area (Å²) in [5.74, 6) is 1.07. The van der Waals surface area contributed by atoms with E-state index in [1.54, 1.807) is 14.2 Å². The molecule has 1 saturated heterocycles. The van der Waals surface area contributed by atoms with Gasteiger partial charge in [0.1, 0.15) is 6.33 Å². The molecule has 1 unspecified atom stereocenters. The highest BCUT2D eigenvalue weighted by molar-refractivity contribution is 5.34. The van der Waals surface area contributed by atoms with E-state index in [1.807, 2.05) is 0 Å². The van der Waals surface area contributed by atoms with Crippen LogP contribution >= 0.6 is 0 Å². The quantitative estimate of drug-likeness (QED) is 0.782. The molecule has 20 heavy (non-hydrogen) atoms. The number of nitrogens with zero attached hydrogens (tertiary/aromatic N) is 3. The highest BCUT2D eigenvalue weighted by atomic mass is 16.5. The van der Waals surface area contributed by atoms with Crippen LogP contribution in [-0.4, -0.2) is 68.5 Å². The van der Waals surface area contributed by atoms with E-state index in [-0.39, 0.29) is 6.10 Å². The van der Waals surface area contributed by atoms with E-state index in [0.717, 1.165) is 31.8 Å². The Morgan fingerprint density at radius 2 is 2.05 bits per heavy atom. The van der Waals surface area contributed by atoms with Crippen LogP contribution in [0.5, 0.6) is 11.8 Å². The maximum absolute atomic E-state index is 5.70. The van der Waals surface area contributed by atoms with Gasteiger partial charge in [-0.2, -0.15) is 0 Å². The van der Waals surface area contributed by atoms with Crippen molar-refractivity contribution < 1.29 is 14.2 Å². The number of aromatic nitrogens is 2. The van der Waals surface area contributed by atoms with Gasteiger partial charge in [0, 0.05) is 26.2 Å². The van der Waals surface area contributed by atoms with Crippen LogP contribution in [0.25, 0.3) is 0 Å². The molecule has 7 heteroatoms. The maximum atomic E-state index is 5.70. The lowest BCUT2D eigenvalue weighted by molar-refractivity contribution is -0.0182. The second-order valence-electron chi connectivity index (χ2n) is 4.76. The highest BCUT2D eigenvalue weighted by Gasteiger charge is 2.18. The van der Waals surface area contributed by atoms with Crippen LogP contribution in [0.1, 0.15) is 5.56 Å². The molecule has 1 aromatic rings. The normalized spacial score (nSPS) is 19.9. The Kier molecular flexibility index (Phi) is 5.51. The molecule has 2 rings (SSSR count). The summed E-state index contributed by atoms with van der Waals surface area (Å²) in [5, 5.41) is 3.35. The number of hydrogen-bond acceptors (Lipinski definition) is 7. The summed E-state index contributed by atoms with van der Waals surface area (Å²) in [7, 11) is 5.28. The molecule has 0 spiro atoms. The van der Waals surface area contributed by atoms with Crippen molar-refractivity contribution in [1.29, 1.82) is 0 Å². The lowest BCUT2D eigenvalue weighted by Crippen LogP contribution is -2.44. The second kappa shape index (κ2) is 7.37. The van der Waals surface area contributed by atoms with Crippen molar-refractivity contribution >= 4 is 0 Å². The minimum Gasteiger partial charge on any atom is -0.481 e. The Bertz CT molecular complexity index is 408. The third-order valence-corrected chi connectivity index (χ3v) is 3.27. The minimum atomic E-state index is 0.204. The first-order chi connectivity index (χ1) is 9.74. The zero-order valence-electron chi connectivity index (χ0n) is 12.3. The van der Waals surface area contributed by atoms with Gasteiger partial charge in [0.25, 0.3) is 0 Å². The topological polar surface area (TPSA) is 68.7 Å². The zero-order valence-corrected chi connectivity index (χ0v) is 12.3. The Labute approximate surface area is 119 Å². The fourth-order valence-electron chi connectivity index (χ4n) is 2.23. The first kappa shape index (κ1) is 15.0. The van der Waals surface area contributed by atoms with Crippen molar-refractivity contribution in [2.75, 3.05) is 47.5 Å². The molecule has 0 saturated carbocycles. The Morgan fingerprint density at radius 3 is 2.65 bits per heavy atom. The summed E-state index contributed by atoms with van der Waals surface area (Å²) in [5.41, 5.74) is 0.821. The van der Waals surface area contributed by atoms with Crippen LogP contribution in [0.2, 0.25) is 0 Å². The van der Waals surface area contributed by atoms with E-state index in [4.69, 9.17) is 14.2 Å². The molecule has 1 N–H and O–H groups in total. The van der Waals surface area contributed by atoms with Crippen molar-refractivity contribution in [2.24, 2.45) is 0 Å². The van der Waals surface area contributed by atoms with Crippen molar-refractivity contribution in [3.63, 3.8) is 0 Å². The first-order valence-electron chi connectivity index (χ1n) is 6.67.